The standard InChI is InChI=1S/C11H10ClF2NO/c1-6-9(13)3-8(4-10(6)14)15-5-7(12)2-11(15)16/h3-4,7H,2,5H2,1H3. The van der Waals surface area contributed by atoms with Crippen LogP contribution in [0.15, 0.2) is 12.1 Å². The van der Waals surface area contributed by atoms with Gasteiger partial charge in [0.05, 0.1) is 5.38 Å². The molecule has 1 aromatic carbocycles. The predicted molar refractivity (Wildman–Crippen MR) is 57.7 cm³/mol. The minimum absolute atomic E-state index is 0.0437. The zero-order valence-corrected chi connectivity index (χ0v) is 9.39. The number of carbonyl (C=O) groups is 1. The molecule has 1 aliphatic rings. The summed E-state index contributed by atoms with van der Waals surface area (Å²) < 4.78 is 26.6. The van der Waals surface area contributed by atoms with Crippen molar-refractivity contribution >= 4 is 23.2 Å². The maximum absolute atomic E-state index is 13.3. The first-order valence-electron chi connectivity index (χ1n) is 4.89. The number of anilines is 1. The highest BCUT2D eigenvalue weighted by atomic mass is 35.5. The molecule has 1 heterocycles. The Hall–Kier alpha value is -1.16. The van der Waals surface area contributed by atoms with Crippen LogP contribution in [0.4, 0.5) is 14.5 Å². The lowest BCUT2D eigenvalue weighted by Gasteiger charge is -2.16. The lowest BCUT2D eigenvalue weighted by molar-refractivity contribution is -0.117. The molecule has 1 unspecified atom stereocenters. The number of nitrogens with zero attached hydrogens (tertiary/aromatic N) is 1. The normalized spacial score (nSPS) is 20.6. The monoisotopic (exact) mass is 245 g/mol. The van der Waals surface area contributed by atoms with Gasteiger partial charge in [-0.25, -0.2) is 8.78 Å². The molecule has 86 valence electrons. The van der Waals surface area contributed by atoms with Gasteiger partial charge >= 0.3 is 0 Å². The van der Waals surface area contributed by atoms with Gasteiger partial charge in [-0.3, -0.25) is 4.79 Å². The fraction of sp³-hybridized carbons (Fsp3) is 0.364. The first-order valence-corrected chi connectivity index (χ1v) is 5.32. The van der Waals surface area contributed by atoms with Gasteiger partial charge < -0.3 is 4.90 Å². The Balaban J connectivity index is 2.38. The lowest BCUT2D eigenvalue weighted by atomic mass is 10.2. The van der Waals surface area contributed by atoms with Crippen LogP contribution in [0.25, 0.3) is 0 Å². The van der Waals surface area contributed by atoms with Crippen molar-refractivity contribution < 1.29 is 13.6 Å². The molecule has 1 amide bonds. The van der Waals surface area contributed by atoms with E-state index in [1.807, 2.05) is 0 Å². The third-order valence-corrected chi connectivity index (χ3v) is 2.95. The van der Waals surface area contributed by atoms with Gasteiger partial charge in [-0.1, -0.05) is 0 Å². The molecule has 0 aromatic heterocycles. The van der Waals surface area contributed by atoms with Crippen molar-refractivity contribution in [3.05, 3.63) is 29.3 Å². The molecule has 0 bridgehead atoms. The second-order valence-electron chi connectivity index (χ2n) is 3.84. The van der Waals surface area contributed by atoms with Crippen molar-refractivity contribution in [2.75, 3.05) is 11.4 Å². The van der Waals surface area contributed by atoms with Gasteiger partial charge in [-0.05, 0) is 19.1 Å². The molecule has 1 aromatic rings. The minimum atomic E-state index is -0.652. The first-order chi connectivity index (χ1) is 7.49. The maximum Gasteiger partial charge on any atom is 0.228 e. The average molecular weight is 246 g/mol. The van der Waals surface area contributed by atoms with Crippen molar-refractivity contribution in [1.82, 2.24) is 0 Å². The summed E-state index contributed by atoms with van der Waals surface area (Å²) in [5, 5.41) is -0.292. The number of hydrogen-bond acceptors (Lipinski definition) is 1. The number of benzene rings is 1. The number of halogens is 3. The van der Waals surface area contributed by atoms with Crippen LogP contribution in [0.1, 0.15) is 12.0 Å². The Kier molecular flexibility index (Phi) is 2.84. The molecular formula is C11H10ClF2NO. The topological polar surface area (TPSA) is 20.3 Å². The van der Waals surface area contributed by atoms with Crippen molar-refractivity contribution in [2.45, 2.75) is 18.7 Å². The molecular weight excluding hydrogens is 236 g/mol. The van der Waals surface area contributed by atoms with E-state index < -0.39 is 11.6 Å². The highest BCUT2D eigenvalue weighted by Crippen LogP contribution is 2.27. The van der Waals surface area contributed by atoms with Gasteiger partial charge in [0.2, 0.25) is 5.91 Å². The Labute approximate surface area is 96.8 Å². The van der Waals surface area contributed by atoms with E-state index in [1.165, 1.54) is 11.8 Å². The van der Waals surface area contributed by atoms with E-state index in [0.717, 1.165) is 12.1 Å². The van der Waals surface area contributed by atoms with Crippen LogP contribution in [0, 0.1) is 18.6 Å². The Morgan fingerprint density at radius 2 is 1.94 bits per heavy atom. The SMILES string of the molecule is Cc1c(F)cc(N2CC(Cl)CC2=O)cc1F. The second-order valence-corrected chi connectivity index (χ2v) is 4.46. The van der Waals surface area contributed by atoms with E-state index in [-0.39, 0.29) is 29.0 Å². The fourth-order valence-electron chi connectivity index (χ4n) is 1.70. The van der Waals surface area contributed by atoms with E-state index in [4.69, 9.17) is 11.6 Å². The van der Waals surface area contributed by atoms with Crippen LogP contribution in [0.5, 0.6) is 0 Å². The molecule has 1 fully saturated rings. The van der Waals surface area contributed by atoms with Crippen molar-refractivity contribution in [3.63, 3.8) is 0 Å². The molecule has 1 aliphatic heterocycles. The zero-order chi connectivity index (χ0) is 11.9. The van der Waals surface area contributed by atoms with Gasteiger partial charge in [0.15, 0.2) is 0 Å². The number of alkyl halides is 1. The predicted octanol–water partition coefficient (Wildman–Crippen LogP) is 2.62. The van der Waals surface area contributed by atoms with Gasteiger partial charge in [0, 0.05) is 24.2 Å². The summed E-state index contributed by atoms with van der Waals surface area (Å²) in [6.45, 7) is 1.65. The van der Waals surface area contributed by atoms with Crippen LogP contribution < -0.4 is 4.90 Å². The molecule has 2 nitrogen and oxygen atoms in total. The third-order valence-electron chi connectivity index (χ3n) is 2.66. The second kappa shape index (κ2) is 4.01. The molecule has 1 saturated heterocycles. The maximum atomic E-state index is 13.3. The molecule has 5 heteroatoms. The number of hydrogen-bond donors (Lipinski definition) is 0. The molecule has 16 heavy (non-hydrogen) atoms. The van der Waals surface area contributed by atoms with Crippen LogP contribution in [-0.4, -0.2) is 17.8 Å². The van der Waals surface area contributed by atoms with E-state index in [2.05, 4.69) is 0 Å². The van der Waals surface area contributed by atoms with E-state index >= 15 is 0 Å². The minimum Gasteiger partial charge on any atom is -0.311 e. The highest BCUT2D eigenvalue weighted by molar-refractivity contribution is 6.24. The molecule has 2 rings (SSSR count). The molecule has 0 saturated carbocycles. The first kappa shape index (κ1) is 11.3. The summed E-state index contributed by atoms with van der Waals surface area (Å²) in [7, 11) is 0. The Morgan fingerprint density at radius 3 is 2.38 bits per heavy atom. The highest BCUT2D eigenvalue weighted by Gasteiger charge is 2.29. The van der Waals surface area contributed by atoms with E-state index in [1.54, 1.807) is 0 Å². The lowest BCUT2D eigenvalue weighted by Crippen LogP contribution is -2.25. The Bertz CT molecular complexity index is 427. The summed E-state index contributed by atoms with van der Waals surface area (Å²) in [6.07, 6.45) is 0.207. The largest absolute Gasteiger partial charge is 0.311 e. The summed E-state index contributed by atoms with van der Waals surface area (Å²) in [4.78, 5) is 12.8. The van der Waals surface area contributed by atoms with E-state index in [0.29, 0.717) is 6.54 Å². The van der Waals surface area contributed by atoms with Crippen molar-refractivity contribution in [2.24, 2.45) is 0 Å². The molecule has 0 spiro atoms. The van der Waals surface area contributed by atoms with E-state index in [9.17, 15) is 13.6 Å². The number of rotatable bonds is 1. The van der Waals surface area contributed by atoms with Crippen LogP contribution in [-0.2, 0) is 4.79 Å². The van der Waals surface area contributed by atoms with Gasteiger partial charge in [-0.2, -0.15) is 0 Å². The molecule has 0 radical (unpaired) electrons. The fourth-order valence-corrected chi connectivity index (χ4v) is 1.97. The van der Waals surface area contributed by atoms with Crippen LogP contribution in [0.3, 0.4) is 0 Å². The molecule has 0 N–H and O–H groups in total. The van der Waals surface area contributed by atoms with Gasteiger partial charge in [0.1, 0.15) is 11.6 Å². The quantitative estimate of drug-likeness (QED) is 0.697. The molecule has 0 aliphatic carbocycles. The summed E-state index contributed by atoms with van der Waals surface area (Å²) in [6, 6.07) is 2.32. The number of carbonyl (C=O) groups excluding carboxylic acids is 1. The molecule has 1 atom stereocenters. The van der Waals surface area contributed by atoms with Crippen LogP contribution >= 0.6 is 11.6 Å². The van der Waals surface area contributed by atoms with Gasteiger partial charge in [0.25, 0.3) is 0 Å². The summed E-state index contributed by atoms with van der Waals surface area (Å²) in [5.41, 5.74) is 0.187. The summed E-state index contributed by atoms with van der Waals surface area (Å²) >= 11 is 5.81. The van der Waals surface area contributed by atoms with Gasteiger partial charge in [-0.15, -0.1) is 11.6 Å². The summed E-state index contributed by atoms with van der Waals surface area (Å²) in [5.74, 6) is -1.51. The van der Waals surface area contributed by atoms with Crippen molar-refractivity contribution in [1.29, 1.82) is 0 Å². The number of amides is 1. The smallest absolute Gasteiger partial charge is 0.228 e. The Morgan fingerprint density at radius 1 is 1.38 bits per heavy atom. The van der Waals surface area contributed by atoms with Crippen molar-refractivity contribution in [3.8, 4) is 0 Å². The van der Waals surface area contributed by atoms with Crippen LogP contribution in [0.2, 0.25) is 0 Å². The zero-order valence-electron chi connectivity index (χ0n) is 8.64. The third kappa shape index (κ3) is 1.89. The average Bonchev–Trinajstić information content (AvgIpc) is 2.53.